The first-order chi connectivity index (χ1) is 10.6. The Kier molecular flexibility index (Phi) is 8.36. The summed E-state index contributed by atoms with van der Waals surface area (Å²) in [6.07, 6.45) is 0.903. The van der Waals surface area contributed by atoms with Crippen LogP contribution < -0.4 is 15.4 Å². The van der Waals surface area contributed by atoms with Gasteiger partial charge in [0.05, 0.1) is 7.11 Å². The van der Waals surface area contributed by atoms with Gasteiger partial charge in [-0.3, -0.25) is 4.99 Å². The van der Waals surface area contributed by atoms with Gasteiger partial charge in [0.1, 0.15) is 5.75 Å². The van der Waals surface area contributed by atoms with E-state index in [1.807, 2.05) is 6.07 Å². The second-order valence-electron chi connectivity index (χ2n) is 5.39. The highest BCUT2D eigenvalue weighted by molar-refractivity contribution is 5.79. The van der Waals surface area contributed by atoms with E-state index in [2.05, 4.69) is 53.6 Å². The van der Waals surface area contributed by atoms with Crippen molar-refractivity contribution in [2.24, 2.45) is 4.99 Å². The molecular weight excluding hydrogens is 276 g/mol. The fraction of sp³-hybridized carbons (Fsp3) is 0.588. The number of guanidine groups is 1. The van der Waals surface area contributed by atoms with Gasteiger partial charge in [-0.2, -0.15) is 0 Å². The van der Waals surface area contributed by atoms with Crippen LogP contribution in [0.3, 0.4) is 0 Å². The third-order valence-electron chi connectivity index (χ3n) is 3.67. The molecule has 124 valence electrons. The van der Waals surface area contributed by atoms with Gasteiger partial charge < -0.3 is 20.3 Å². The van der Waals surface area contributed by atoms with E-state index in [1.54, 1.807) is 14.2 Å². The lowest BCUT2D eigenvalue weighted by Gasteiger charge is -2.16. The van der Waals surface area contributed by atoms with Crippen LogP contribution in [0.15, 0.2) is 23.2 Å². The minimum atomic E-state index is 0.823. The molecule has 5 heteroatoms. The first-order valence-corrected chi connectivity index (χ1v) is 7.87. The molecule has 0 amide bonds. The molecule has 1 aromatic rings. The zero-order valence-corrected chi connectivity index (χ0v) is 14.6. The fourth-order valence-corrected chi connectivity index (χ4v) is 2.16. The summed E-state index contributed by atoms with van der Waals surface area (Å²) in [5, 5.41) is 6.67. The molecule has 0 saturated carbocycles. The van der Waals surface area contributed by atoms with E-state index in [0.717, 1.165) is 44.3 Å². The van der Waals surface area contributed by atoms with Gasteiger partial charge in [0.25, 0.3) is 0 Å². The van der Waals surface area contributed by atoms with Crippen LogP contribution in [0.2, 0.25) is 0 Å². The summed E-state index contributed by atoms with van der Waals surface area (Å²) in [7, 11) is 5.63. The maximum Gasteiger partial charge on any atom is 0.191 e. The smallest absolute Gasteiger partial charge is 0.191 e. The van der Waals surface area contributed by atoms with Crippen LogP contribution in [0.4, 0.5) is 0 Å². The Bertz CT molecular complexity index is 474. The molecule has 0 fully saturated rings. The monoisotopic (exact) mass is 306 g/mol. The third-order valence-corrected chi connectivity index (χ3v) is 3.67. The Balaban J connectivity index is 2.40. The highest BCUT2D eigenvalue weighted by atomic mass is 16.5. The quantitative estimate of drug-likeness (QED) is 0.566. The molecule has 0 saturated heterocycles. The minimum Gasteiger partial charge on any atom is -0.496 e. The number of hydrogen-bond donors (Lipinski definition) is 2. The van der Waals surface area contributed by atoms with Crippen LogP contribution in [0.5, 0.6) is 5.75 Å². The lowest BCUT2D eigenvalue weighted by molar-refractivity contribution is 0.357. The molecule has 2 N–H and O–H groups in total. The second kappa shape index (κ2) is 10.1. The number of hydrogen-bond acceptors (Lipinski definition) is 3. The van der Waals surface area contributed by atoms with Crippen molar-refractivity contribution in [3.63, 3.8) is 0 Å². The normalized spacial score (nSPS) is 11.6. The molecule has 0 aliphatic rings. The zero-order valence-electron chi connectivity index (χ0n) is 14.6. The molecule has 0 atom stereocenters. The van der Waals surface area contributed by atoms with Gasteiger partial charge in [0.2, 0.25) is 0 Å². The van der Waals surface area contributed by atoms with E-state index in [4.69, 9.17) is 4.74 Å². The molecule has 0 aliphatic heterocycles. The summed E-state index contributed by atoms with van der Waals surface area (Å²) in [5.74, 6) is 1.79. The molecule has 0 spiro atoms. The first kappa shape index (κ1) is 18.3. The van der Waals surface area contributed by atoms with Gasteiger partial charge in [0, 0.05) is 26.7 Å². The van der Waals surface area contributed by atoms with Gasteiger partial charge in [0.15, 0.2) is 5.96 Å². The second-order valence-corrected chi connectivity index (χ2v) is 5.39. The summed E-state index contributed by atoms with van der Waals surface area (Å²) in [4.78, 5) is 6.51. The SMILES string of the molecule is CCN(C)CCNC(=NC)NCCc1cc(C)ccc1OC. The van der Waals surface area contributed by atoms with Crippen molar-refractivity contribution < 1.29 is 4.74 Å². The topological polar surface area (TPSA) is 48.9 Å². The van der Waals surface area contributed by atoms with Crippen LogP contribution in [0.1, 0.15) is 18.1 Å². The van der Waals surface area contributed by atoms with Crippen molar-refractivity contribution in [2.45, 2.75) is 20.3 Å². The fourth-order valence-electron chi connectivity index (χ4n) is 2.16. The molecule has 1 aromatic carbocycles. The van der Waals surface area contributed by atoms with Gasteiger partial charge >= 0.3 is 0 Å². The number of aryl methyl sites for hydroxylation is 1. The van der Waals surface area contributed by atoms with Crippen molar-refractivity contribution in [2.75, 3.05) is 47.4 Å². The van der Waals surface area contributed by atoms with Crippen LogP contribution in [0, 0.1) is 6.92 Å². The summed E-state index contributed by atoms with van der Waals surface area (Å²) in [6, 6.07) is 6.27. The van der Waals surface area contributed by atoms with Crippen LogP contribution in [-0.2, 0) is 6.42 Å². The average molecular weight is 306 g/mol. The molecule has 22 heavy (non-hydrogen) atoms. The number of methoxy groups -OCH3 is 1. The number of rotatable bonds is 8. The molecule has 5 nitrogen and oxygen atoms in total. The van der Waals surface area contributed by atoms with E-state index in [-0.39, 0.29) is 0 Å². The first-order valence-electron chi connectivity index (χ1n) is 7.87. The van der Waals surface area contributed by atoms with Gasteiger partial charge in [-0.05, 0) is 38.6 Å². The maximum atomic E-state index is 5.41. The highest BCUT2D eigenvalue weighted by Crippen LogP contribution is 2.19. The maximum absolute atomic E-state index is 5.41. The number of ether oxygens (including phenoxy) is 1. The summed E-state index contributed by atoms with van der Waals surface area (Å²) < 4.78 is 5.41. The van der Waals surface area contributed by atoms with Crippen molar-refractivity contribution in [3.05, 3.63) is 29.3 Å². The number of benzene rings is 1. The molecule has 1 rings (SSSR count). The van der Waals surface area contributed by atoms with E-state index >= 15 is 0 Å². The third kappa shape index (κ3) is 6.35. The van der Waals surface area contributed by atoms with Crippen LogP contribution in [-0.4, -0.2) is 58.2 Å². The van der Waals surface area contributed by atoms with Crippen LogP contribution in [0.25, 0.3) is 0 Å². The number of nitrogens with one attached hydrogen (secondary N) is 2. The molecule has 0 radical (unpaired) electrons. The van der Waals surface area contributed by atoms with Crippen molar-refractivity contribution >= 4 is 5.96 Å². The predicted octanol–water partition coefficient (Wildman–Crippen LogP) is 1.66. The van der Waals surface area contributed by atoms with Crippen LogP contribution >= 0.6 is 0 Å². The Morgan fingerprint density at radius 2 is 2.00 bits per heavy atom. The largest absolute Gasteiger partial charge is 0.496 e. The Morgan fingerprint density at radius 1 is 1.27 bits per heavy atom. The molecule has 0 heterocycles. The van der Waals surface area contributed by atoms with E-state index < -0.39 is 0 Å². The Hall–Kier alpha value is -1.75. The number of aliphatic imine (C=N–C) groups is 1. The standard InChI is InChI=1S/C17H30N4O/c1-6-21(4)12-11-20-17(18-3)19-10-9-15-13-14(2)7-8-16(15)22-5/h7-8,13H,6,9-12H2,1-5H3,(H2,18,19,20). The lowest BCUT2D eigenvalue weighted by Crippen LogP contribution is -2.41. The van der Waals surface area contributed by atoms with Gasteiger partial charge in [-0.1, -0.05) is 24.6 Å². The van der Waals surface area contributed by atoms with Crippen molar-refractivity contribution in [1.82, 2.24) is 15.5 Å². The van der Waals surface area contributed by atoms with Gasteiger partial charge in [-0.25, -0.2) is 0 Å². The predicted molar refractivity (Wildman–Crippen MR) is 94.0 cm³/mol. The zero-order chi connectivity index (χ0) is 16.4. The van der Waals surface area contributed by atoms with Gasteiger partial charge in [-0.15, -0.1) is 0 Å². The Morgan fingerprint density at radius 3 is 2.64 bits per heavy atom. The number of nitrogens with zero attached hydrogens (tertiary/aromatic N) is 2. The molecule has 0 bridgehead atoms. The van der Waals surface area contributed by atoms with E-state index in [1.165, 1.54) is 11.1 Å². The molecular formula is C17H30N4O. The Labute approximate surface area is 134 Å². The molecule has 0 aliphatic carbocycles. The lowest BCUT2D eigenvalue weighted by atomic mass is 10.1. The van der Waals surface area contributed by atoms with E-state index in [9.17, 15) is 0 Å². The summed E-state index contributed by atoms with van der Waals surface area (Å²) >= 11 is 0. The van der Waals surface area contributed by atoms with E-state index in [0.29, 0.717) is 0 Å². The van der Waals surface area contributed by atoms with Crippen molar-refractivity contribution in [1.29, 1.82) is 0 Å². The van der Waals surface area contributed by atoms with Crippen molar-refractivity contribution in [3.8, 4) is 5.75 Å². The average Bonchev–Trinajstić information content (AvgIpc) is 2.53. The number of likely N-dealkylation sites (N-methyl/N-ethyl adjacent to an activating group) is 1. The summed E-state index contributed by atoms with van der Waals surface area (Å²) in [5.41, 5.74) is 2.47. The minimum absolute atomic E-state index is 0.823. The molecule has 0 aromatic heterocycles. The molecule has 0 unspecified atom stereocenters. The summed E-state index contributed by atoms with van der Waals surface area (Å²) in [6.45, 7) is 8.02. The highest BCUT2D eigenvalue weighted by Gasteiger charge is 2.04.